The van der Waals surface area contributed by atoms with E-state index in [1.807, 2.05) is 31.8 Å². The highest BCUT2D eigenvalue weighted by molar-refractivity contribution is 7.07. The summed E-state index contributed by atoms with van der Waals surface area (Å²) in [4.78, 5) is 17.7. The van der Waals surface area contributed by atoms with Gasteiger partial charge in [0, 0.05) is 18.0 Å². The standard InChI is InChI=1S/C10H18N4OS/c1-7(10(15)13-11)8(2)14(3)4-9-5-16-6-12-9/h5-8H,4,11H2,1-3H3,(H,13,15). The van der Waals surface area contributed by atoms with Gasteiger partial charge in [-0.2, -0.15) is 0 Å². The Labute approximate surface area is 99.6 Å². The van der Waals surface area contributed by atoms with Crippen LogP contribution < -0.4 is 11.3 Å². The Morgan fingerprint density at radius 1 is 1.69 bits per heavy atom. The van der Waals surface area contributed by atoms with Gasteiger partial charge in [-0.3, -0.25) is 15.1 Å². The van der Waals surface area contributed by atoms with Crippen molar-refractivity contribution in [1.82, 2.24) is 15.3 Å². The molecule has 1 heterocycles. The van der Waals surface area contributed by atoms with E-state index in [0.717, 1.165) is 12.2 Å². The van der Waals surface area contributed by atoms with Crippen molar-refractivity contribution < 1.29 is 4.79 Å². The minimum absolute atomic E-state index is 0.116. The van der Waals surface area contributed by atoms with Gasteiger partial charge >= 0.3 is 0 Å². The van der Waals surface area contributed by atoms with Gasteiger partial charge in [-0.25, -0.2) is 10.8 Å². The Morgan fingerprint density at radius 2 is 2.38 bits per heavy atom. The van der Waals surface area contributed by atoms with Crippen molar-refractivity contribution in [2.24, 2.45) is 11.8 Å². The predicted molar refractivity (Wildman–Crippen MR) is 64.5 cm³/mol. The van der Waals surface area contributed by atoms with Gasteiger partial charge in [0.15, 0.2) is 0 Å². The lowest BCUT2D eigenvalue weighted by Crippen LogP contribution is -2.44. The smallest absolute Gasteiger partial charge is 0.238 e. The molecule has 16 heavy (non-hydrogen) atoms. The first-order valence-corrected chi connectivity index (χ1v) is 6.08. The molecule has 1 rings (SSSR count). The molecule has 0 aromatic carbocycles. The van der Waals surface area contributed by atoms with Crippen LogP contribution in [0.3, 0.4) is 0 Å². The first-order valence-electron chi connectivity index (χ1n) is 5.14. The molecule has 0 radical (unpaired) electrons. The van der Waals surface area contributed by atoms with Gasteiger partial charge in [-0.15, -0.1) is 11.3 Å². The predicted octanol–water partition coefficient (Wildman–Crippen LogP) is 0.589. The number of hydrazine groups is 1. The second-order valence-corrected chi connectivity index (χ2v) is 4.65. The van der Waals surface area contributed by atoms with E-state index in [-0.39, 0.29) is 17.9 Å². The van der Waals surface area contributed by atoms with Crippen LogP contribution in [-0.2, 0) is 11.3 Å². The maximum Gasteiger partial charge on any atom is 0.238 e. The van der Waals surface area contributed by atoms with Crippen LogP contribution in [0.5, 0.6) is 0 Å². The minimum atomic E-state index is -0.145. The van der Waals surface area contributed by atoms with E-state index in [0.29, 0.717) is 0 Å². The van der Waals surface area contributed by atoms with Crippen LogP contribution in [-0.4, -0.2) is 28.9 Å². The van der Waals surface area contributed by atoms with Gasteiger partial charge in [0.2, 0.25) is 5.91 Å². The average Bonchev–Trinajstić information content (AvgIpc) is 2.78. The molecule has 0 bridgehead atoms. The number of thiazole rings is 1. The quantitative estimate of drug-likeness (QED) is 0.450. The van der Waals surface area contributed by atoms with Crippen molar-refractivity contribution in [3.8, 4) is 0 Å². The van der Waals surface area contributed by atoms with Crippen LogP contribution in [0, 0.1) is 5.92 Å². The molecule has 1 aromatic rings. The van der Waals surface area contributed by atoms with Crippen LogP contribution in [0.25, 0.3) is 0 Å². The fraction of sp³-hybridized carbons (Fsp3) is 0.600. The normalized spacial score (nSPS) is 14.8. The number of aromatic nitrogens is 1. The number of nitrogens with zero attached hydrogens (tertiary/aromatic N) is 2. The Morgan fingerprint density at radius 3 is 2.88 bits per heavy atom. The summed E-state index contributed by atoms with van der Waals surface area (Å²) in [7, 11) is 1.98. The van der Waals surface area contributed by atoms with Crippen LogP contribution in [0.2, 0.25) is 0 Å². The molecule has 0 saturated heterocycles. The van der Waals surface area contributed by atoms with Crippen molar-refractivity contribution in [3.63, 3.8) is 0 Å². The third-order valence-electron chi connectivity index (χ3n) is 2.87. The van der Waals surface area contributed by atoms with Crippen LogP contribution >= 0.6 is 11.3 Å². The highest BCUT2D eigenvalue weighted by atomic mass is 32.1. The number of hydrogen-bond acceptors (Lipinski definition) is 5. The Hall–Kier alpha value is -0.980. The number of nitrogens with one attached hydrogen (secondary N) is 1. The average molecular weight is 242 g/mol. The fourth-order valence-corrected chi connectivity index (χ4v) is 2.00. The van der Waals surface area contributed by atoms with E-state index in [4.69, 9.17) is 5.84 Å². The number of amides is 1. The van der Waals surface area contributed by atoms with Crippen molar-refractivity contribution in [3.05, 3.63) is 16.6 Å². The maximum absolute atomic E-state index is 11.4. The van der Waals surface area contributed by atoms with Gasteiger partial charge in [0.25, 0.3) is 0 Å². The van der Waals surface area contributed by atoms with E-state index in [1.165, 1.54) is 0 Å². The summed E-state index contributed by atoms with van der Waals surface area (Å²) in [6.45, 7) is 4.61. The van der Waals surface area contributed by atoms with Gasteiger partial charge in [0.05, 0.1) is 17.1 Å². The van der Waals surface area contributed by atoms with Gasteiger partial charge in [0.1, 0.15) is 0 Å². The van der Waals surface area contributed by atoms with Gasteiger partial charge in [-0.1, -0.05) is 6.92 Å². The van der Waals surface area contributed by atoms with Crippen LogP contribution in [0.15, 0.2) is 10.9 Å². The second kappa shape index (κ2) is 5.93. The molecule has 0 aliphatic heterocycles. The molecule has 5 nitrogen and oxygen atoms in total. The van der Waals surface area contributed by atoms with Crippen molar-refractivity contribution >= 4 is 17.2 Å². The number of carbonyl (C=O) groups is 1. The third-order valence-corrected chi connectivity index (χ3v) is 3.50. The summed E-state index contributed by atoms with van der Waals surface area (Å²) in [6, 6.07) is 0.116. The lowest BCUT2D eigenvalue weighted by atomic mass is 10.0. The molecule has 0 fully saturated rings. The van der Waals surface area contributed by atoms with Crippen LogP contribution in [0.4, 0.5) is 0 Å². The lowest BCUT2D eigenvalue weighted by molar-refractivity contribution is -0.126. The van der Waals surface area contributed by atoms with Crippen molar-refractivity contribution in [2.75, 3.05) is 7.05 Å². The molecule has 0 spiro atoms. The monoisotopic (exact) mass is 242 g/mol. The van der Waals surface area contributed by atoms with Gasteiger partial charge in [-0.05, 0) is 14.0 Å². The van der Waals surface area contributed by atoms with Crippen molar-refractivity contribution in [2.45, 2.75) is 26.4 Å². The lowest BCUT2D eigenvalue weighted by Gasteiger charge is -2.28. The topological polar surface area (TPSA) is 71.2 Å². The summed E-state index contributed by atoms with van der Waals surface area (Å²) < 4.78 is 0. The summed E-state index contributed by atoms with van der Waals surface area (Å²) in [6.07, 6.45) is 0. The van der Waals surface area contributed by atoms with E-state index >= 15 is 0 Å². The third kappa shape index (κ3) is 3.26. The highest BCUT2D eigenvalue weighted by Crippen LogP contribution is 2.13. The molecule has 90 valence electrons. The first-order chi connectivity index (χ1) is 7.56. The number of carbonyl (C=O) groups excluding carboxylic acids is 1. The van der Waals surface area contributed by atoms with Crippen LogP contribution in [0.1, 0.15) is 19.5 Å². The summed E-state index contributed by atoms with van der Waals surface area (Å²) >= 11 is 1.58. The Bertz CT molecular complexity index is 328. The molecule has 2 atom stereocenters. The SMILES string of the molecule is CC(C(=O)NN)C(C)N(C)Cc1cscn1. The molecule has 6 heteroatoms. The van der Waals surface area contributed by atoms with Crippen molar-refractivity contribution in [1.29, 1.82) is 0 Å². The molecule has 0 aliphatic rings. The summed E-state index contributed by atoms with van der Waals surface area (Å²) in [5.74, 6) is 4.83. The van der Waals surface area contributed by atoms with E-state index in [9.17, 15) is 4.79 Å². The molecular weight excluding hydrogens is 224 g/mol. The molecule has 2 unspecified atom stereocenters. The fourth-order valence-electron chi connectivity index (χ4n) is 1.45. The molecule has 3 N–H and O–H groups in total. The highest BCUT2D eigenvalue weighted by Gasteiger charge is 2.23. The number of nitrogens with two attached hydrogens (primary N) is 1. The van der Waals surface area contributed by atoms with E-state index in [2.05, 4.69) is 15.3 Å². The zero-order chi connectivity index (χ0) is 12.1. The Kier molecular flexibility index (Phi) is 4.85. The largest absolute Gasteiger partial charge is 0.297 e. The summed E-state index contributed by atoms with van der Waals surface area (Å²) in [5, 5.41) is 2.01. The summed E-state index contributed by atoms with van der Waals surface area (Å²) in [5.41, 5.74) is 5.02. The molecule has 0 saturated carbocycles. The molecular formula is C10H18N4OS. The zero-order valence-corrected chi connectivity index (χ0v) is 10.6. The molecule has 1 amide bonds. The molecule has 1 aromatic heterocycles. The number of rotatable bonds is 5. The Balaban J connectivity index is 2.53. The molecule has 0 aliphatic carbocycles. The van der Waals surface area contributed by atoms with E-state index in [1.54, 1.807) is 11.3 Å². The first kappa shape index (κ1) is 13.1. The zero-order valence-electron chi connectivity index (χ0n) is 9.80. The maximum atomic E-state index is 11.4. The minimum Gasteiger partial charge on any atom is -0.297 e. The van der Waals surface area contributed by atoms with Gasteiger partial charge < -0.3 is 0 Å². The second-order valence-electron chi connectivity index (χ2n) is 3.93. The number of hydrogen-bond donors (Lipinski definition) is 2. The van der Waals surface area contributed by atoms with E-state index < -0.39 is 0 Å².